The molecule has 0 saturated carbocycles. The predicted molar refractivity (Wildman–Crippen MR) is 114 cm³/mol. The molecule has 1 heterocycles. The van der Waals surface area contributed by atoms with E-state index in [1.54, 1.807) is 0 Å². The minimum Gasteiger partial charge on any atom is -0.395 e. The Bertz CT molecular complexity index is 544. The summed E-state index contributed by atoms with van der Waals surface area (Å²) >= 11 is 0. The largest absolute Gasteiger partial charge is 0.395 e. The van der Waals surface area contributed by atoms with Crippen LogP contribution in [-0.2, 0) is 6.54 Å². The minimum atomic E-state index is 0.301. The van der Waals surface area contributed by atoms with Crippen LogP contribution in [0.25, 0.3) is 0 Å². The standard InChI is InChI=1S/C22H38N4O/c1-3-4-13-23-22(25-17-20-11-9-19(2)10-12-20)24-14-5-6-15-26-16-7-8-21(26)18-27/h9-12,21,27H,3-8,13-18H2,1-2H3,(H2,23,24,25). The van der Waals surface area contributed by atoms with Crippen LogP contribution in [0.5, 0.6) is 0 Å². The van der Waals surface area contributed by atoms with E-state index in [2.05, 4.69) is 53.6 Å². The molecule has 2 rings (SSSR count). The van der Waals surface area contributed by atoms with E-state index in [0.29, 0.717) is 19.2 Å². The molecule has 152 valence electrons. The quantitative estimate of drug-likeness (QED) is 0.316. The van der Waals surface area contributed by atoms with Gasteiger partial charge in [-0.2, -0.15) is 0 Å². The SMILES string of the molecule is CCCCNC(=NCc1ccc(C)cc1)NCCCCN1CCCC1CO. The van der Waals surface area contributed by atoms with E-state index in [-0.39, 0.29) is 0 Å². The van der Waals surface area contributed by atoms with Crippen molar-refractivity contribution in [2.75, 3.05) is 32.8 Å². The third kappa shape index (κ3) is 8.31. The maximum Gasteiger partial charge on any atom is 0.191 e. The number of aliphatic hydroxyl groups excluding tert-OH is 1. The average Bonchev–Trinajstić information content (AvgIpc) is 3.14. The first-order chi connectivity index (χ1) is 13.2. The molecule has 0 spiro atoms. The van der Waals surface area contributed by atoms with Gasteiger partial charge in [0.15, 0.2) is 5.96 Å². The lowest BCUT2D eigenvalue weighted by atomic mass is 10.1. The van der Waals surface area contributed by atoms with Gasteiger partial charge >= 0.3 is 0 Å². The zero-order chi connectivity index (χ0) is 19.3. The molecule has 27 heavy (non-hydrogen) atoms. The fourth-order valence-electron chi connectivity index (χ4n) is 3.46. The number of aryl methyl sites for hydroxylation is 1. The van der Waals surface area contributed by atoms with Crippen LogP contribution in [0.1, 0.15) is 56.6 Å². The number of rotatable bonds is 11. The lowest BCUT2D eigenvalue weighted by Crippen LogP contribution is -2.39. The third-order valence-corrected chi connectivity index (χ3v) is 5.24. The monoisotopic (exact) mass is 374 g/mol. The van der Waals surface area contributed by atoms with Crippen molar-refractivity contribution in [3.05, 3.63) is 35.4 Å². The summed E-state index contributed by atoms with van der Waals surface area (Å²) in [4.78, 5) is 7.18. The molecule has 1 aromatic rings. The van der Waals surface area contributed by atoms with Crippen molar-refractivity contribution in [1.29, 1.82) is 0 Å². The molecule has 1 atom stereocenters. The maximum atomic E-state index is 9.40. The summed E-state index contributed by atoms with van der Waals surface area (Å²) < 4.78 is 0. The molecule has 0 radical (unpaired) electrons. The Kier molecular flexibility index (Phi) is 10.2. The first-order valence-electron chi connectivity index (χ1n) is 10.7. The van der Waals surface area contributed by atoms with E-state index in [0.717, 1.165) is 57.8 Å². The van der Waals surface area contributed by atoms with Crippen molar-refractivity contribution in [2.24, 2.45) is 4.99 Å². The Balaban J connectivity index is 1.72. The van der Waals surface area contributed by atoms with Crippen LogP contribution in [-0.4, -0.2) is 54.8 Å². The van der Waals surface area contributed by atoms with Crippen LogP contribution < -0.4 is 10.6 Å². The highest BCUT2D eigenvalue weighted by Gasteiger charge is 2.22. The van der Waals surface area contributed by atoms with Crippen molar-refractivity contribution >= 4 is 5.96 Å². The van der Waals surface area contributed by atoms with E-state index < -0.39 is 0 Å². The van der Waals surface area contributed by atoms with Gasteiger partial charge in [0.25, 0.3) is 0 Å². The summed E-state index contributed by atoms with van der Waals surface area (Å²) in [6, 6.07) is 8.97. The van der Waals surface area contributed by atoms with E-state index >= 15 is 0 Å². The van der Waals surface area contributed by atoms with Crippen LogP contribution in [0.2, 0.25) is 0 Å². The topological polar surface area (TPSA) is 59.9 Å². The first kappa shape index (κ1) is 21.7. The lowest BCUT2D eigenvalue weighted by molar-refractivity contribution is 0.157. The first-order valence-corrected chi connectivity index (χ1v) is 10.7. The number of aliphatic imine (C=N–C) groups is 1. The Hall–Kier alpha value is -1.59. The number of hydrogen-bond donors (Lipinski definition) is 3. The molecule has 0 aliphatic carbocycles. The van der Waals surface area contributed by atoms with Crippen molar-refractivity contribution < 1.29 is 5.11 Å². The summed E-state index contributed by atoms with van der Waals surface area (Å²) in [5.41, 5.74) is 2.52. The van der Waals surface area contributed by atoms with Gasteiger partial charge in [-0.1, -0.05) is 43.2 Å². The molecule has 3 N–H and O–H groups in total. The average molecular weight is 375 g/mol. The molecular weight excluding hydrogens is 336 g/mol. The van der Waals surface area contributed by atoms with E-state index in [9.17, 15) is 5.11 Å². The normalized spacial score (nSPS) is 18.0. The molecule has 1 saturated heterocycles. The van der Waals surface area contributed by atoms with Crippen molar-refractivity contribution in [3.63, 3.8) is 0 Å². The number of nitrogens with one attached hydrogen (secondary N) is 2. The van der Waals surface area contributed by atoms with E-state index in [4.69, 9.17) is 4.99 Å². The van der Waals surface area contributed by atoms with Crippen molar-refractivity contribution in [2.45, 2.75) is 65.0 Å². The summed E-state index contributed by atoms with van der Waals surface area (Å²) in [6.45, 7) is 9.44. The molecule has 0 bridgehead atoms. The highest BCUT2D eigenvalue weighted by Crippen LogP contribution is 2.16. The molecule has 0 aromatic heterocycles. The van der Waals surface area contributed by atoms with Gasteiger partial charge in [0.05, 0.1) is 13.2 Å². The van der Waals surface area contributed by atoms with Crippen LogP contribution >= 0.6 is 0 Å². The van der Waals surface area contributed by atoms with Crippen molar-refractivity contribution in [3.8, 4) is 0 Å². The number of likely N-dealkylation sites (tertiary alicyclic amines) is 1. The van der Waals surface area contributed by atoms with Gasteiger partial charge in [0.1, 0.15) is 0 Å². The van der Waals surface area contributed by atoms with Gasteiger partial charge in [-0.3, -0.25) is 4.90 Å². The number of nitrogens with zero attached hydrogens (tertiary/aromatic N) is 2. The van der Waals surface area contributed by atoms with Crippen LogP contribution in [0.4, 0.5) is 0 Å². The highest BCUT2D eigenvalue weighted by molar-refractivity contribution is 5.79. The van der Waals surface area contributed by atoms with Gasteiger partial charge in [-0.15, -0.1) is 0 Å². The van der Waals surface area contributed by atoms with Crippen molar-refractivity contribution in [1.82, 2.24) is 15.5 Å². The summed E-state index contributed by atoms with van der Waals surface area (Å²) in [5.74, 6) is 0.915. The summed E-state index contributed by atoms with van der Waals surface area (Å²) in [6.07, 6.45) is 6.98. The fraction of sp³-hybridized carbons (Fsp3) is 0.682. The molecule has 1 aliphatic heterocycles. The molecule has 1 aromatic carbocycles. The molecule has 1 fully saturated rings. The third-order valence-electron chi connectivity index (χ3n) is 5.24. The predicted octanol–water partition coefficient (Wildman–Crippen LogP) is 3.07. The Morgan fingerprint density at radius 3 is 2.59 bits per heavy atom. The van der Waals surface area contributed by atoms with Gasteiger partial charge < -0.3 is 15.7 Å². The van der Waals surface area contributed by atoms with Crippen LogP contribution in [0.3, 0.4) is 0 Å². The van der Waals surface area contributed by atoms with Gasteiger partial charge in [0.2, 0.25) is 0 Å². The second-order valence-electron chi connectivity index (χ2n) is 7.58. The molecule has 0 amide bonds. The maximum absolute atomic E-state index is 9.40. The highest BCUT2D eigenvalue weighted by atomic mass is 16.3. The van der Waals surface area contributed by atoms with E-state index in [1.165, 1.54) is 24.0 Å². The number of unbranched alkanes of at least 4 members (excludes halogenated alkanes) is 2. The summed E-state index contributed by atoms with van der Waals surface area (Å²) in [7, 11) is 0. The molecular formula is C22H38N4O. The zero-order valence-corrected chi connectivity index (χ0v) is 17.2. The second kappa shape index (κ2) is 12.7. The number of aliphatic hydroxyl groups is 1. The molecule has 1 unspecified atom stereocenters. The Labute approximate surface area is 165 Å². The van der Waals surface area contributed by atoms with Crippen LogP contribution in [0, 0.1) is 6.92 Å². The molecule has 5 heteroatoms. The Morgan fingerprint density at radius 2 is 1.89 bits per heavy atom. The van der Waals surface area contributed by atoms with Gasteiger partial charge in [0, 0.05) is 19.1 Å². The van der Waals surface area contributed by atoms with Gasteiger partial charge in [-0.05, 0) is 57.7 Å². The molecule has 1 aliphatic rings. The minimum absolute atomic E-state index is 0.301. The van der Waals surface area contributed by atoms with Crippen LogP contribution in [0.15, 0.2) is 29.3 Å². The number of guanidine groups is 1. The Morgan fingerprint density at radius 1 is 1.15 bits per heavy atom. The second-order valence-corrected chi connectivity index (χ2v) is 7.58. The van der Waals surface area contributed by atoms with Gasteiger partial charge in [-0.25, -0.2) is 4.99 Å². The molecule has 5 nitrogen and oxygen atoms in total. The smallest absolute Gasteiger partial charge is 0.191 e. The number of hydrogen-bond acceptors (Lipinski definition) is 3. The fourth-order valence-corrected chi connectivity index (χ4v) is 3.46. The number of benzene rings is 1. The van der Waals surface area contributed by atoms with E-state index in [1.807, 2.05) is 0 Å². The zero-order valence-electron chi connectivity index (χ0n) is 17.2. The lowest BCUT2D eigenvalue weighted by Gasteiger charge is -2.22. The summed E-state index contributed by atoms with van der Waals surface area (Å²) in [5, 5.41) is 16.3.